The number of carboxylic acid groups (broad SMARTS) is 1. The van der Waals surface area contributed by atoms with E-state index < -0.39 is 11.9 Å². The van der Waals surface area contributed by atoms with Gasteiger partial charge in [0.15, 0.2) is 0 Å². The third kappa shape index (κ3) is 3.40. The summed E-state index contributed by atoms with van der Waals surface area (Å²) in [6.45, 7) is 1.86. The molecule has 1 saturated carbocycles. The highest BCUT2D eigenvalue weighted by Crippen LogP contribution is 2.25. The van der Waals surface area contributed by atoms with E-state index in [4.69, 9.17) is 0 Å². The van der Waals surface area contributed by atoms with Crippen LogP contribution in [0, 0.1) is 12.8 Å². The van der Waals surface area contributed by atoms with Crippen molar-refractivity contribution in [1.82, 2.24) is 10.3 Å². The molecule has 2 atom stereocenters. The summed E-state index contributed by atoms with van der Waals surface area (Å²) in [6, 6.07) is 8.97. The smallest absolute Gasteiger partial charge is 0.308 e. The second-order valence-corrected chi connectivity index (χ2v) is 6.49. The quantitative estimate of drug-likeness (QED) is 0.848. The largest absolute Gasteiger partial charge is 0.481 e. The molecule has 0 saturated heterocycles. The molecule has 1 aromatic carbocycles. The normalized spacial score (nSPS) is 21.2. The number of hydrogen-bond donors (Lipinski definition) is 2. The molecule has 0 bridgehead atoms. The fourth-order valence-electron chi connectivity index (χ4n) is 3.52. The predicted octanol–water partition coefficient (Wildman–Crippen LogP) is 3.31. The molecule has 0 aliphatic heterocycles. The minimum Gasteiger partial charge on any atom is -0.481 e. The van der Waals surface area contributed by atoms with Crippen molar-refractivity contribution in [2.75, 3.05) is 0 Å². The Morgan fingerprint density at radius 1 is 1.17 bits per heavy atom. The van der Waals surface area contributed by atoms with Crippen LogP contribution in [-0.2, 0) is 4.79 Å². The number of hydrogen-bond acceptors (Lipinski definition) is 3. The summed E-state index contributed by atoms with van der Waals surface area (Å²) in [7, 11) is 0. The van der Waals surface area contributed by atoms with Crippen LogP contribution in [0.1, 0.15) is 48.2 Å². The van der Waals surface area contributed by atoms with E-state index in [2.05, 4.69) is 10.3 Å². The van der Waals surface area contributed by atoms with Crippen LogP contribution >= 0.6 is 0 Å². The molecule has 1 heterocycles. The van der Waals surface area contributed by atoms with Crippen molar-refractivity contribution in [2.24, 2.45) is 5.92 Å². The summed E-state index contributed by atoms with van der Waals surface area (Å²) in [4.78, 5) is 28.8. The standard InChI is InChI=1S/C19H22N2O3/c1-12-11-15(13-7-5-6-10-16(13)20-12)18(22)21-17-9-4-2-3-8-14(17)19(23)24/h5-7,10-11,14,17H,2-4,8-9H2,1H3,(H,21,22)(H,23,24)/t14-,17+/m1/s1. The van der Waals surface area contributed by atoms with E-state index in [1.807, 2.05) is 31.2 Å². The number of carboxylic acids is 1. The fourth-order valence-corrected chi connectivity index (χ4v) is 3.52. The van der Waals surface area contributed by atoms with Crippen molar-refractivity contribution in [2.45, 2.75) is 45.1 Å². The van der Waals surface area contributed by atoms with Gasteiger partial charge in [-0.25, -0.2) is 0 Å². The van der Waals surface area contributed by atoms with Crippen LogP contribution in [0.5, 0.6) is 0 Å². The number of carbonyl (C=O) groups excluding carboxylic acids is 1. The molecule has 1 amide bonds. The third-order valence-electron chi connectivity index (χ3n) is 4.74. The zero-order chi connectivity index (χ0) is 17.1. The molecule has 1 aliphatic rings. The van der Waals surface area contributed by atoms with Gasteiger partial charge in [-0.2, -0.15) is 0 Å². The van der Waals surface area contributed by atoms with Gasteiger partial charge in [0.05, 0.1) is 17.0 Å². The number of amides is 1. The van der Waals surface area contributed by atoms with E-state index in [1.54, 1.807) is 6.07 Å². The van der Waals surface area contributed by atoms with Crippen molar-refractivity contribution < 1.29 is 14.7 Å². The first kappa shape index (κ1) is 16.4. The van der Waals surface area contributed by atoms with Gasteiger partial charge in [-0.1, -0.05) is 37.5 Å². The van der Waals surface area contributed by atoms with Gasteiger partial charge >= 0.3 is 5.97 Å². The number of aromatic nitrogens is 1. The monoisotopic (exact) mass is 326 g/mol. The van der Waals surface area contributed by atoms with Crippen LogP contribution in [0.2, 0.25) is 0 Å². The van der Waals surface area contributed by atoms with Crippen LogP contribution in [-0.4, -0.2) is 28.0 Å². The Labute approximate surface area is 141 Å². The van der Waals surface area contributed by atoms with E-state index >= 15 is 0 Å². The average Bonchev–Trinajstić information content (AvgIpc) is 2.79. The Morgan fingerprint density at radius 2 is 1.92 bits per heavy atom. The molecule has 0 unspecified atom stereocenters. The van der Waals surface area contributed by atoms with Crippen LogP contribution in [0.25, 0.3) is 10.9 Å². The second kappa shape index (κ2) is 6.99. The number of nitrogens with one attached hydrogen (secondary N) is 1. The number of pyridine rings is 1. The molecule has 1 fully saturated rings. The second-order valence-electron chi connectivity index (χ2n) is 6.49. The Kier molecular flexibility index (Phi) is 4.79. The summed E-state index contributed by atoms with van der Waals surface area (Å²) < 4.78 is 0. The molecule has 1 aromatic heterocycles. The lowest BCUT2D eigenvalue weighted by Crippen LogP contribution is -2.42. The average molecular weight is 326 g/mol. The number of aliphatic carboxylic acids is 1. The third-order valence-corrected chi connectivity index (χ3v) is 4.74. The maximum Gasteiger partial charge on any atom is 0.308 e. The topological polar surface area (TPSA) is 79.3 Å². The molecule has 3 rings (SSSR count). The SMILES string of the molecule is Cc1cc(C(=O)N[C@H]2CCCCC[C@H]2C(=O)O)c2ccccc2n1. The number of carbonyl (C=O) groups is 2. The zero-order valence-corrected chi connectivity index (χ0v) is 13.8. The summed E-state index contributed by atoms with van der Waals surface area (Å²) in [5.41, 5.74) is 2.11. The lowest BCUT2D eigenvalue weighted by Gasteiger charge is -2.23. The molecule has 2 aromatic rings. The zero-order valence-electron chi connectivity index (χ0n) is 13.8. The highest BCUT2D eigenvalue weighted by molar-refractivity contribution is 6.06. The number of fused-ring (bicyclic) bond motifs is 1. The molecule has 5 heteroatoms. The van der Waals surface area contributed by atoms with Crippen LogP contribution in [0.4, 0.5) is 0 Å². The first-order valence-corrected chi connectivity index (χ1v) is 8.46. The van der Waals surface area contributed by atoms with Gasteiger partial charge in [0.2, 0.25) is 0 Å². The Morgan fingerprint density at radius 3 is 2.71 bits per heavy atom. The molecule has 2 N–H and O–H groups in total. The van der Waals surface area contributed by atoms with Gasteiger partial charge in [0, 0.05) is 17.1 Å². The van der Waals surface area contributed by atoms with E-state index in [0.29, 0.717) is 18.4 Å². The lowest BCUT2D eigenvalue weighted by atomic mass is 9.94. The van der Waals surface area contributed by atoms with Gasteiger partial charge in [-0.05, 0) is 31.9 Å². The van der Waals surface area contributed by atoms with Crippen molar-refractivity contribution >= 4 is 22.8 Å². The number of nitrogens with zero attached hydrogens (tertiary/aromatic N) is 1. The minimum atomic E-state index is -0.821. The summed E-state index contributed by atoms with van der Waals surface area (Å²) >= 11 is 0. The van der Waals surface area contributed by atoms with Crippen molar-refractivity contribution in [1.29, 1.82) is 0 Å². The highest BCUT2D eigenvalue weighted by atomic mass is 16.4. The molecular formula is C19H22N2O3. The number of benzene rings is 1. The Balaban J connectivity index is 1.90. The van der Waals surface area contributed by atoms with Gasteiger partial charge in [0.25, 0.3) is 5.91 Å². The number of aryl methyl sites for hydroxylation is 1. The van der Waals surface area contributed by atoms with E-state index in [1.165, 1.54) is 0 Å². The van der Waals surface area contributed by atoms with E-state index in [0.717, 1.165) is 35.9 Å². The highest BCUT2D eigenvalue weighted by Gasteiger charge is 2.31. The van der Waals surface area contributed by atoms with Crippen LogP contribution in [0.3, 0.4) is 0 Å². The molecule has 5 nitrogen and oxygen atoms in total. The maximum absolute atomic E-state index is 12.8. The number of rotatable bonds is 3. The van der Waals surface area contributed by atoms with Gasteiger partial charge in [0.1, 0.15) is 0 Å². The van der Waals surface area contributed by atoms with Gasteiger partial charge in [-0.3, -0.25) is 14.6 Å². The minimum absolute atomic E-state index is 0.213. The lowest BCUT2D eigenvalue weighted by molar-refractivity contribution is -0.142. The molecule has 0 radical (unpaired) electrons. The van der Waals surface area contributed by atoms with Crippen LogP contribution in [0.15, 0.2) is 30.3 Å². The van der Waals surface area contributed by atoms with Crippen molar-refractivity contribution in [3.8, 4) is 0 Å². The molecule has 24 heavy (non-hydrogen) atoms. The molecule has 0 spiro atoms. The van der Waals surface area contributed by atoms with Gasteiger partial charge < -0.3 is 10.4 Å². The van der Waals surface area contributed by atoms with Crippen LogP contribution < -0.4 is 5.32 Å². The van der Waals surface area contributed by atoms with Gasteiger partial charge in [-0.15, -0.1) is 0 Å². The number of para-hydroxylation sites is 1. The van der Waals surface area contributed by atoms with Crippen molar-refractivity contribution in [3.63, 3.8) is 0 Å². The summed E-state index contributed by atoms with van der Waals surface area (Å²) in [6.07, 6.45) is 4.21. The first-order chi connectivity index (χ1) is 11.6. The van der Waals surface area contributed by atoms with E-state index in [9.17, 15) is 14.7 Å². The first-order valence-electron chi connectivity index (χ1n) is 8.46. The van der Waals surface area contributed by atoms with Crippen molar-refractivity contribution in [3.05, 3.63) is 41.6 Å². The summed E-state index contributed by atoms with van der Waals surface area (Å²) in [5, 5.41) is 13.2. The molecular weight excluding hydrogens is 304 g/mol. The Bertz CT molecular complexity index is 772. The predicted molar refractivity (Wildman–Crippen MR) is 91.9 cm³/mol. The maximum atomic E-state index is 12.8. The Hall–Kier alpha value is -2.43. The summed E-state index contributed by atoms with van der Waals surface area (Å²) in [5.74, 6) is -1.54. The fraction of sp³-hybridized carbons (Fsp3) is 0.421. The van der Waals surface area contributed by atoms with E-state index in [-0.39, 0.29) is 11.9 Å². The molecule has 126 valence electrons. The molecule has 1 aliphatic carbocycles.